The van der Waals surface area contributed by atoms with Gasteiger partial charge in [0.15, 0.2) is 0 Å². The molecule has 0 saturated heterocycles. The second kappa shape index (κ2) is 4.40. The molecule has 15 heavy (non-hydrogen) atoms. The Kier molecular flexibility index (Phi) is 3.15. The van der Waals surface area contributed by atoms with E-state index in [4.69, 9.17) is 11.6 Å². The van der Waals surface area contributed by atoms with Crippen LogP contribution in [-0.4, -0.2) is 15.2 Å². The van der Waals surface area contributed by atoms with Crippen LogP contribution in [0, 0.1) is 6.92 Å². The molecule has 1 aromatic heterocycles. The van der Waals surface area contributed by atoms with Crippen molar-refractivity contribution in [1.82, 2.24) is 9.78 Å². The minimum absolute atomic E-state index is 0.239. The van der Waals surface area contributed by atoms with Crippen molar-refractivity contribution in [2.45, 2.75) is 38.0 Å². The van der Waals surface area contributed by atoms with Crippen molar-refractivity contribution in [3.63, 3.8) is 0 Å². The standard InChI is InChI=1S/C12H17ClN2/c1-9-6-12(15(2)14-9)8-10-4-3-5-11(13)7-10/h6-7,11H,3-5,8H2,1-2H3. The predicted molar refractivity (Wildman–Crippen MR) is 63.2 cm³/mol. The lowest BCUT2D eigenvalue weighted by atomic mass is 9.96. The molecular formula is C12H17ClN2. The summed E-state index contributed by atoms with van der Waals surface area (Å²) >= 11 is 6.12. The zero-order valence-electron chi connectivity index (χ0n) is 9.33. The van der Waals surface area contributed by atoms with E-state index in [9.17, 15) is 0 Å². The number of aromatic nitrogens is 2. The third-order valence-electron chi connectivity index (χ3n) is 2.90. The van der Waals surface area contributed by atoms with Gasteiger partial charge < -0.3 is 0 Å². The molecule has 2 rings (SSSR count). The molecule has 0 radical (unpaired) electrons. The van der Waals surface area contributed by atoms with E-state index in [1.165, 1.54) is 24.1 Å². The molecule has 0 spiro atoms. The van der Waals surface area contributed by atoms with Crippen molar-refractivity contribution < 1.29 is 0 Å². The lowest BCUT2D eigenvalue weighted by Crippen LogP contribution is -2.07. The number of aryl methyl sites for hydroxylation is 2. The highest BCUT2D eigenvalue weighted by atomic mass is 35.5. The summed E-state index contributed by atoms with van der Waals surface area (Å²) in [6.07, 6.45) is 6.74. The van der Waals surface area contributed by atoms with Gasteiger partial charge in [0, 0.05) is 19.2 Å². The summed E-state index contributed by atoms with van der Waals surface area (Å²) in [5.41, 5.74) is 3.83. The summed E-state index contributed by atoms with van der Waals surface area (Å²) < 4.78 is 1.97. The first-order valence-corrected chi connectivity index (χ1v) is 5.92. The van der Waals surface area contributed by atoms with Gasteiger partial charge in [-0.05, 0) is 32.3 Å². The summed E-state index contributed by atoms with van der Waals surface area (Å²) in [6, 6.07) is 2.15. The van der Waals surface area contributed by atoms with E-state index in [0.29, 0.717) is 0 Å². The Bertz CT molecular complexity index is 379. The van der Waals surface area contributed by atoms with Gasteiger partial charge in [0.25, 0.3) is 0 Å². The minimum atomic E-state index is 0.239. The highest BCUT2D eigenvalue weighted by Crippen LogP contribution is 2.24. The molecule has 82 valence electrons. The van der Waals surface area contributed by atoms with Gasteiger partial charge in [-0.15, -0.1) is 11.6 Å². The Hall–Kier alpha value is -0.760. The third kappa shape index (κ3) is 2.63. The van der Waals surface area contributed by atoms with E-state index >= 15 is 0 Å². The number of hydrogen-bond acceptors (Lipinski definition) is 1. The Balaban J connectivity index is 2.11. The summed E-state index contributed by atoms with van der Waals surface area (Å²) in [4.78, 5) is 0. The molecular weight excluding hydrogens is 208 g/mol. The van der Waals surface area contributed by atoms with E-state index in [1.54, 1.807) is 0 Å². The number of halogens is 1. The van der Waals surface area contributed by atoms with E-state index in [1.807, 2.05) is 18.7 Å². The molecule has 2 nitrogen and oxygen atoms in total. The number of alkyl halides is 1. The van der Waals surface area contributed by atoms with Crippen LogP contribution in [0.4, 0.5) is 0 Å². The molecule has 1 atom stereocenters. The van der Waals surface area contributed by atoms with Crippen molar-refractivity contribution in [3.8, 4) is 0 Å². The van der Waals surface area contributed by atoms with Gasteiger partial charge >= 0.3 is 0 Å². The molecule has 0 aliphatic heterocycles. The number of rotatable bonds is 2. The van der Waals surface area contributed by atoms with Crippen LogP contribution >= 0.6 is 11.6 Å². The van der Waals surface area contributed by atoms with Crippen LogP contribution in [0.25, 0.3) is 0 Å². The van der Waals surface area contributed by atoms with E-state index < -0.39 is 0 Å². The lowest BCUT2D eigenvalue weighted by molar-refractivity contribution is 0.667. The molecule has 0 fully saturated rings. The maximum Gasteiger partial charge on any atom is 0.0596 e. The van der Waals surface area contributed by atoms with Crippen molar-refractivity contribution >= 4 is 11.6 Å². The van der Waals surface area contributed by atoms with Gasteiger partial charge in [-0.3, -0.25) is 4.68 Å². The fraction of sp³-hybridized carbons (Fsp3) is 0.583. The largest absolute Gasteiger partial charge is 0.272 e. The minimum Gasteiger partial charge on any atom is -0.272 e. The van der Waals surface area contributed by atoms with Crippen molar-refractivity contribution in [2.24, 2.45) is 7.05 Å². The maximum atomic E-state index is 6.12. The van der Waals surface area contributed by atoms with Gasteiger partial charge in [-0.25, -0.2) is 0 Å². The van der Waals surface area contributed by atoms with Gasteiger partial charge in [-0.2, -0.15) is 5.10 Å². The summed E-state index contributed by atoms with van der Waals surface area (Å²) in [5, 5.41) is 4.59. The highest BCUT2D eigenvalue weighted by Gasteiger charge is 2.12. The average molecular weight is 225 g/mol. The number of allylic oxidation sites excluding steroid dienone is 2. The second-order valence-electron chi connectivity index (χ2n) is 4.31. The van der Waals surface area contributed by atoms with Crippen LogP contribution in [0.3, 0.4) is 0 Å². The normalized spacial score (nSPS) is 21.5. The maximum absolute atomic E-state index is 6.12. The first-order valence-electron chi connectivity index (χ1n) is 5.48. The monoisotopic (exact) mass is 224 g/mol. The van der Waals surface area contributed by atoms with Crippen molar-refractivity contribution in [3.05, 3.63) is 29.1 Å². The molecule has 1 aliphatic rings. The van der Waals surface area contributed by atoms with Gasteiger partial charge in [0.1, 0.15) is 0 Å². The van der Waals surface area contributed by atoms with Crippen LogP contribution in [0.5, 0.6) is 0 Å². The Morgan fingerprint density at radius 1 is 1.60 bits per heavy atom. The number of nitrogens with zero attached hydrogens (tertiary/aromatic N) is 2. The molecule has 1 heterocycles. The highest BCUT2D eigenvalue weighted by molar-refractivity contribution is 6.21. The van der Waals surface area contributed by atoms with Gasteiger partial charge in [0.05, 0.1) is 11.1 Å². The van der Waals surface area contributed by atoms with Crippen molar-refractivity contribution in [1.29, 1.82) is 0 Å². The Labute approximate surface area is 95.9 Å². The topological polar surface area (TPSA) is 17.8 Å². The SMILES string of the molecule is Cc1cc(CC2=CC(Cl)CCC2)n(C)n1. The van der Waals surface area contributed by atoms with Gasteiger partial charge in [0.2, 0.25) is 0 Å². The van der Waals surface area contributed by atoms with E-state index in [2.05, 4.69) is 17.2 Å². The Morgan fingerprint density at radius 3 is 3.00 bits per heavy atom. The fourth-order valence-corrected chi connectivity index (χ4v) is 2.49. The molecule has 0 aromatic carbocycles. The van der Waals surface area contributed by atoms with Crippen LogP contribution in [0.15, 0.2) is 17.7 Å². The molecule has 3 heteroatoms. The van der Waals surface area contributed by atoms with Gasteiger partial charge in [-0.1, -0.05) is 11.6 Å². The third-order valence-corrected chi connectivity index (χ3v) is 3.25. The van der Waals surface area contributed by atoms with Crippen LogP contribution in [-0.2, 0) is 13.5 Å². The van der Waals surface area contributed by atoms with E-state index in [-0.39, 0.29) is 5.38 Å². The van der Waals surface area contributed by atoms with Crippen LogP contribution in [0.2, 0.25) is 0 Å². The molecule has 1 unspecified atom stereocenters. The smallest absolute Gasteiger partial charge is 0.0596 e. The average Bonchev–Trinajstić information content (AvgIpc) is 2.45. The molecule has 0 N–H and O–H groups in total. The quantitative estimate of drug-likeness (QED) is 0.558. The lowest BCUT2D eigenvalue weighted by Gasteiger charge is -2.16. The predicted octanol–water partition coefficient (Wildman–Crippen LogP) is 2.99. The van der Waals surface area contributed by atoms with Crippen molar-refractivity contribution in [2.75, 3.05) is 0 Å². The second-order valence-corrected chi connectivity index (χ2v) is 4.87. The first-order chi connectivity index (χ1) is 7.15. The molecule has 1 aliphatic carbocycles. The van der Waals surface area contributed by atoms with E-state index in [0.717, 1.165) is 18.5 Å². The molecule has 0 saturated carbocycles. The first kappa shape index (κ1) is 10.7. The fourth-order valence-electron chi connectivity index (χ4n) is 2.16. The molecule has 1 aromatic rings. The Morgan fingerprint density at radius 2 is 2.40 bits per heavy atom. The zero-order valence-corrected chi connectivity index (χ0v) is 10.1. The van der Waals surface area contributed by atoms with Crippen LogP contribution in [0.1, 0.15) is 30.7 Å². The number of hydrogen-bond donors (Lipinski definition) is 0. The zero-order chi connectivity index (χ0) is 10.8. The summed E-state index contributed by atoms with van der Waals surface area (Å²) in [7, 11) is 2.00. The molecule has 0 amide bonds. The molecule has 0 bridgehead atoms. The van der Waals surface area contributed by atoms with Crippen LogP contribution < -0.4 is 0 Å². The summed E-state index contributed by atoms with van der Waals surface area (Å²) in [6.45, 7) is 2.03. The summed E-state index contributed by atoms with van der Waals surface area (Å²) in [5.74, 6) is 0.